The third-order valence-corrected chi connectivity index (χ3v) is 4.50. The summed E-state index contributed by atoms with van der Waals surface area (Å²) in [6.07, 6.45) is 4.85. The lowest BCUT2D eigenvalue weighted by Crippen LogP contribution is -2.45. The first-order chi connectivity index (χ1) is 11.2. The van der Waals surface area contributed by atoms with Crippen molar-refractivity contribution in [3.8, 4) is 0 Å². The van der Waals surface area contributed by atoms with Gasteiger partial charge in [-0.2, -0.15) is 10.2 Å². The predicted octanol–water partition coefficient (Wildman–Crippen LogP) is 0.426. The van der Waals surface area contributed by atoms with Crippen LogP contribution < -0.4 is 0 Å². The first-order valence-corrected chi connectivity index (χ1v) is 7.81. The van der Waals surface area contributed by atoms with Crippen molar-refractivity contribution in [2.45, 2.75) is 25.4 Å². The number of amides is 2. The summed E-state index contributed by atoms with van der Waals surface area (Å²) in [7, 11) is 0. The van der Waals surface area contributed by atoms with Crippen LogP contribution in [0.15, 0.2) is 24.5 Å². The third kappa shape index (κ3) is 2.49. The summed E-state index contributed by atoms with van der Waals surface area (Å²) in [6, 6.07) is 3.58. The maximum atomic E-state index is 12.6. The summed E-state index contributed by atoms with van der Waals surface area (Å²) in [4.78, 5) is 28.1. The molecular formula is C15H18N6O2. The molecule has 2 aromatic rings. The van der Waals surface area contributed by atoms with Gasteiger partial charge in [0.15, 0.2) is 0 Å². The van der Waals surface area contributed by atoms with Gasteiger partial charge in [0.1, 0.15) is 5.69 Å². The van der Waals surface area contributed by atoms with Crippen LogP contribution >= 0.6 is 0 Å². The number of hydrogen-bond acceptors (Lipinski definition) is 4. The van der Waals surface area contributed by atoms with E-state index < -0.39 is 0 Å². The smallest absolute Gasteiger partial charge is 0.272 e. The standard InChI is InChI=1S/C15H18N6O2/c22-14-2-1-7-19(14)9-12-10-20(8-11-3-6-17-21(11)12)15(23)13-4-5-16-18-13/h3-6,12H,1-2,7-10H2,(H,16,18)/t12-/m1/s1. The van der Waals surface area contributed by atoms with Gasteiger partial charge in [0.25, 0.3) is 5.91 Å². The molecule has 8 heteroatoms. The minimum Gasteiger partial charge on any atom is -0.340 e. The second-order valence-corrected chi connectivity index (χ2v) is 6.02. The van der Waals surface area contributed by atoms with Crippen LogP contribution in [0.2, 0.25) is 0 Å². The van der Waals surface area contributed by atoms with Crippen LogP contribution in [0.4, 0.5) is 0 Å². The third-order valence-electron chi connectivity index (χ3n) is 4.50. The number of hydrogen-bond donors (Lipinski definition) is 1. The summed E-state index contributed by atoms with van der Waals surface area (Å²) < 4.78 is 1.95. The number of carbonyl (C=O) groups is 2. The highest BCUT2D eigenvalue weighted by atomic mass is 16.2. The number of H-pyrrole nitrogens is 1. The second-order valence-electron chi connectivity index (χ2n) is 6.02. The zero-order valence-electron chi connectivity index (χ0n) is 12.7. The number of carbonyl (C=O) groups excluding carboxylic acids is 2. The number of nitrogens with zero attached hydrogens (tertiary/aromatic N) is 5. The first-order valence-electron chi connectivity index (χ1n) is 7.81. The molecular weight excluding hydrogens is 296 g/mol. The van der Waals surface area contributed by atoms with E-state index in [0.717, 1.165) is 18.7 Å². The van der Waals surface area contributed by atoms with Crippen molar-refractivity contribution in [1.82, 2.24) is 29.8 Å². The Labute approximate surface area is 133 Å². The lowest BCUT2D eigenvalue weighted by atomic mass is 10.1. The normalized spacial score (nSPS) is 20.9. The number of fused-ring (bicyclic) bond motifs is 1. The molecule has 8 nitrogen and oxygen atoms in total. The van der Waals surface area contributed by atoms with Gasteiger partial charge in [-0.25, -0.2) is 0 Å². The molecule has 1 fully saturated rings. The average molecular weight is 314 g/mol. The van der Waals surface area contributed by atoms with Crippen molar-refractivity contribution in [2.24, 2.45) is 0 Å². The molecule has 0 bridgehead atoms. The molecule has 4 heterocycles. The maximum absolute atomic E-state index is 12.6. The van der Waals surface area contributed by atoms with Crippen LogP contribution in [0.1, 0.15) is 35.1 Å². The molecule has 0 aliphatic carbocycles. The minimum absolute atomic E-state index is 0.0114. The van der Waals surface area contributed by atoms with E-state index in [-0.39, 0.29) is 17.9 Å². The number of aromatic amines is 1. The van der Waals surface area contributed by atoms with Gasteiger partial charge in [0.2, 0.25) is 5.91 Å². The summed E-state index contributed by atoms with van der Waals surface area (Å²) in [5.41, 5.74) is 1.47. The molecule has 2 aromatic heterocycles. The van der Waals surface area contributed by atoms with E-state index in [1.807, 2.05) is 15.6 Å². The lowest BCUT2D eigenvalue weighted by molar-refractivity contribution is -0.128. The fourth-order valence-electron chi connectivity index (χ4n) is 3.37. The molecule has 0 saturated carbocycles. The van der Waals surface area contributed by atoms with Crippen molar-refractivity contribution in [3.05, 3.63) is 35.9 Å². The Morgan fingerprint density at radius 1 is 1.35 bits per heavy atom. The Bertz CT molecular complexity index is 722. The summed E-state index contributed by atoms with van der Waals surface area (Å²) >= 11 is 0. The molecule has 0 aromatic carbocycles. The van der Waals surface area contributed by atoms with Gasteiger partial charge in [0.05, 0.1) is 18.3 Å². The van der Waals surface area contributed by atoms with Crippen LogP contribution in [-0.4, -0.2) is 61.2 Å². The molecule has 2 aliphatic rings. The summed E-state index contributed by atoms with van der Waals surface area (Å²) in [5.74, 6) is 0.114. The number of aromatic nitrogens is 4. The molecule has 0 unspecified atom stereocenters. The van der Waals surface area contributed by atoms with E-state index >= 15 is 0 Å². The van der Waals surface area contributed by atoms with Gasteiger partial charge >= 0.3 is 0 Å². The number of likely N-dealkylation sites (tertiary alicyclic amines) is 1. The van der Waals surface area contributed by atoms with E-state index in [1.54, 1.807) is 23.4 Å². The Kier molecular flexibility index (Phi) is 3.36. The molecule has 0 spiro atoms. The highest BCUT2D eigenvalue weighted by Crippen LogP contribution is 2.24. The molecule has 0 radical (unpaired) electrons. The predicted molar refractivity (Wildman–Crippen MR) is 80.4 cm³/mol. The van der Waals surface area contributed by atoms with Crippen molar-refractivity contribution in [3.63, 3.8) is 0 Å². The van der Waals surface area contributed by atoms with E-state index in [1.165, 1.54) is 0 Å². The van der Waals surface area contributed by atoms with Gasteiger partial charge in [-0.15, -0.1) is 0 Å². The molecule has 2 amide bonds. The SMILES string of the molecule is O=C1CCCN1C[C@@H]1CN(C(=O)c2ccn[nH]2)Cc2ccnn21. The molecule has 120 valence electrons. The molecule has 23 heavy (non-hydrogen) atoms. The molecule has 2 aliphatic heterocycles. The van der Waals surface area contributed by atoms with Gasteiger partial charge < -0.3 is 9.80 Å². The minimum atomic E-state index is -0.0762. The Balaban J connectivity index is 1.56. The highest BCUT2D eigenvalue weighted by molar-refractivity contribution is 5.92. The Morgan fingerprint density at radius 3 is 3.00 bits per heavy atom. The maximum Gasteiger partial charge on any atom is 0.272 e. The lowest BCUT2D eigenvalue weighted by Gasteiger charge is -2.35. The number of nitrogens with one attached hydrogen (secondary N) is 1. The van der Waals surface area contributed by atoms with Crippen LogP contribution in [-0.2, 0) is 11.3 Å². The van der Waals surface area contributed by atoms with Gasteiger partial charge in [-0.1, -0.05) is 0 Å². The van der Waals surface area contributed by atoms with E-state index in [9.17, 15) is 9.59 Å². The zero-order valence-corrected chi connectivity index (χ0v) is 12.7. The van der Waals surface area contributed by atoms with E-state index in [2.05, 4.69) is 15.3 Å². The highest BCUT2D eigenvalue weighted by Gasteiger charge is 2.32. The van der Waals surface area contributed by atoms with Gasteiger partial charge in [-0.3, -0.25) is 19.4 Å². The fourth-order valence-corrected chi connectivity index (χ4v) is 3.37. The molecule has 1 atom stereocenters. The van der Waals surface area contributed by atoms with E-state index in [0.29, 0.717) is 31.7 Å². The fraction of sp³-hybridized carbons (Fsp3) is 0.467. The molecule has 4 rings (SSSR count). The van der Waals surface area contributed by atoms with Crippen molar-refractivity contribution >= 4 is 11.8 Å². The second kappa shape index (κ2) is 5.53. The van der Waals surface area contributed by atoms with Crippen LogP contribution in [0.3, 0.4) is 0 Å². The number of rotatable bonds is 3. The first kappa shape index (κ1) is 14.0. The topological polar surface area (TPSA) is 87.1 Å². The van der Waals surface area contributed by atoms with Gasteiger partial charge in [0, 0.05) is 38.4 Å². The van der Waals surface area contributed by atoms with Crippen LogP contribution in [0.5, 0.6) is 0 Å². The molecule has 1 saturated heterocycles. The Hall–Kier alpha value is -2.64. The van der Waals surface area contributed by atoms with Crippen LogP contribution in [0, 0.1) is 0 Å². The van der Waals surface area contributed by atoms with Crippen molar-refractivity contribution in [2.75, 3.05) is 19.6 Å². The monoisotopic (exact) mass is 314 g/mol. The summed E-state index contributed by atoms with van der Waals surface area (Å²) in [5, 5.41) is 10.9. The molecule has 1 N–H and O–H groups in total. The van der Waals surface area contributed by atoms with Crippen molar-refractivity contribution < 1.29 is 9.59 Å². The largest absolute Gasteiger partial charge is 0.340 e. The Morgan fingerprint density at radius 2 is 2.26 bits per heavy atom. The van der Waals surface area contributed by atoms with Crippen molar-refractivity contribution in [1.29, 1.82) is 0 Å². The summed E-state index contributed by atoms with van der Waals surface area (Å²) in [6.45, 7) is 2.44. The zero-order chi connectivity index (χ0) is 15.8. The van der Waals surface area contributed by atoms with Crippen LogP contribution in [0.25, 0.3) is 0 Å². The van der Waals surface area contributed by atoms with Gasteiger partial charge in [-0.05, 0) is 18.6 Å². The average Bonchev–Trinajstić information content (AvgIpc) is 3.28. The quantitative estimate of drug-likeness (QED) is 0.890. The van der Waals surface area contributed by atoms with E-state index in [4.69, 9.17) is 0 Å².